The van der Waals surface area contributed by atoms with Crippen molar-refractivity contribution < 1.29 is 19.1 Å². The zero-order valence-electron chi connectivity index (χ0n) is 12.9. The van der Waals surface area contributed by atoms with E-state index >= 15 is 0 Å². The normalized spacial score (nSPS) is 26.7. The third kappa shape index (κ3) is 2.04. The van der Waals surface area contributed by atoms with Gasteiger partial charge in [-0.05, 0) is 37.8 Å². The molecule has 2 atom stereocenters. The van der Waals surface area contributed by atoms with Gasteiger partial charge >= 0.3 is 5.97 Å². The van der Waals surface area contributed by atoms with Crippen LogP contribution < -0.4 is 0 Å². The molecule has 2 aromatic heterocycles. The quantitative estimate of drug-likeness (QED) is 0.920. The van der Waals surface area contributed by atoms with Crippen molar-refractivity contribution in [2.24, 2.45) is 11.3 Å². The highest BCUT2D eigenvalue weighted by atomic mass is 16.4. The Balaban J connectivity index is 1.63. The summed E-state index contributed by atoms with van der Waals surface area (Å²) in [5, 5.41) is 9.62. The molecule has 0 unspecified atom stereocenters. The molecule has 3 heterocycles. The maximum absolute atomic E-state index is 12.7. The SMILES string of the molecule is Cc1ccc2oc(C(=O)N3C[C@@H]4CCC[C@@]4(C(=O)O)C3)cc2n1. The number of hydrogen-bond acceptors (Lipinski definition) is 4. The summed E-state index contributed by atoms with van der Waals surface area (Å²) in [7, 11) is 0. The van der Waals surface area contributed by atoms with E-state index in [0.29, 0.717) is 24.1 Å². The van der Waals surface area contributed by atoms with Crippen LogP contribution in [0.4, 0.5) is 0 Å². The van der Waals surface area contributed by atoms with Crippen molar-refractivity contribution in [2.45, 2.75) is 26.2 Å². The minimum absolute atomic E-state index is 0.0497. The van der Waals surface area contributed by atoms with E-state index in [-0.39, 0.29) is 24.1 Å². The third-order valence-corrected chi connectivity index (χ3v) is 5.31. The zero-order chi connectivity index (χ0) is 16.2. The lowest BCUT2D eigenvalue weighted by molar-refractivity contribution is -0.149. The van der Waals surface area contributed by atoms with Crippen molar-refractivity contribution in [3.63, 3.8) is 0 Å². The Hall–Kier alpha value is -2.37. The van der Waals surface area contributed by atoms with Crippen molar-refractivity contribution in [3.05, 3.63) is 29.7 Å². The van der Waals surface area contributed by atoms with Gasteiger partial charge in [0, 0.05) is 24.8 Å². The molecule has 2 aromatic rings. The number of amides is 1. The maximum Gasteiger partial charge on any atom is 0.311 e. The molecule has 1 saturated heterocycles. The number of aryl methyl sites for hydroxylation is 1. The summed E-state index contributed by atoms with van der Waals surface area (Å²) in [6, 6.07) is 5.28. The molecule has 0 aromatic carbocycles. The highest BCUT2D eigenvalue weighted by Gasteiger charge is 2.56. The summed E-state index contributed by atoms with van der Waals surface area (Å²) in [6.07, 6.45) is 2.45. The number of carboxylic acids is 1. The minimum Gasteiger partial charge on any atom is -0.481 e. The molecule has 0 bridgehead atoms. The fourth-order valence-electron chi connectivity index (χ4n) is 4.08. The Kier molecular flexibility index (Phi) is 2.98. The topological polar surface area (TPSA) is 83.6 Å². The number of rotatable bonds is 2. The van der Waals surface area contributed by atoms with E-state index in [1.807, 2.05) is 13.0 Å². The van der Waals surface area contributed by atoms with Crippen molar-refractivity contribution in [1.29, 1.82) is 0 Å². The van der Waals surface area contributed by atoms with Gasteiger partial charge in [0.2, 0.25) is 0 Å². The molecule has 1 aliphatic carbocycles. The van der Waals surface area contributed by atoms with Crippen LogP contribution in [0.25, 0.3) is 11.1 Å². The van der Waals surface area contributed by atoms with Gasteiger partial charge in [0.25, 0.3) is 5.91 Å². The zero-order valence-corrected chi connectivity index (χ0v) is 12.9. The second-order valence-corrected chi connectivity index (χ2v) is 6.68. The fourth-order valence-corrected chi connectivity index (χ4v) is 4.08. The summed E-state index contributed by atoms with van der Waals surface area (Å²) in [6.45, 7) is 2.65. The predicted octanol–water partition coefficient (Wildman–Crippen LogP) is 2.46. The first kappa shape index (κ1) is 14.2. The van der Waals surface area contributed by atoms with E-state index in [0.717, 1.165) is 18.5 Å². The standard InChI is InChI=1S/C17H18N2O4/c1-10-4-5-13-12(18-10)7-14(23-13)15(20)19-8-11-3-2-6-17(11,9-19)16(21)22/h4-5,7,11H,2-3,6,8-9H2,1H3,(H,21,22)/t11-,17+/m0/s1. The summed E-state index contributed by atoms with van der Waals surface area (Å²) in [5.41, 5.74) is 1.32. The van der Waals surface area contributed by atoms with E-state index in [2.05, 4.69) is 4.98 Å². The van der Waals surface area contributed by atoms with Gasteiger partial charge in [-0.1, -0.05) is 6.42 Å². The lowest BCUT2D eigenvalue weighted by Crippen LogP contribution is -2.37. The first-order valence-corrected chi connectivity index (χ1v) is 7.89. The monoisotopic (exact) mass is 314 g/mol. The van der Waals surface area contributed by atoms with Gasteiger partial charge in [0.15, 0.2) is 11.3 Å². The molecule has 1 amide bonds. The van der Waals surface area contributed by atoms with Gasteiger partial charge in [-0.15, -0.1) is 0 Å². The molecule has 120 valence electrons. The lowest BCUT2D eigenvalue weighted by Gasteiger charge is -2.22. The van der Waals surface area contributed by atoms with Crippen LogP contribution in [-0.4, -0.2) is 40.0 Å². The summed E-state index contributed by atoms with van der Waals surface area (Å²) < 4.78 is 5.61. The van der Waals surface area contributed by atoms with Crippen molar-refractivity contribution in [2.75, 3.05) is 13.1 Å². The third-order valence-electron chi connectivity index (χ3n) is 5.31. The van der Waals surface area contributed by atoms with E-state index in [1.54, 1.807) is 17.0 Å². The fraction of sp³-hybridized carbons (Fsp3) is 0.471. The van der Waals surface area contributed by atoms with E-state index in [9.17, 15) is 14.7 Å². The Morgan fingerprint density at radius 1 is 1.43 bits per heavy atom. The summed E-state index contributed by atoms with van der Waals surface area (Å²) >= 11 is 0. The van der Waals surface area contributed by atoms with E-state index in [1.165, 1.54) is 0 Å². The second-order valence-electron chi connectivity index (χ2n) is 6.68. The number of nitrogens with zero attached hydrogens (tertiary/aromatic N) is 2. The van der Waals surface area contributed by atoms with Crippen LogP contribution in [0, 0.1) is 18.3 Å². The molecular formula is C17H18N2O4. The molecule has 6 heteroatoms. The minimum atomic E-state index is -0.780. The molecule has 2 fully saturated rings. The number of carboxylic acid groups (broad SMARTS) is 1. The Labute approximate surface area is 133 Å². The van der Waals surface area contributed by atoms with Gasteiger partial charge in [-0.3, -0.25) is 9.59 Å². The number of aliphatic carboxylic acids is 1. The number of pyridine rings is 1. The van der Waals surface area contributed by atoms with Crippen LogP contribution in [0.1, 0.15) is 35.5 Å². The highest BCUT2D eigenvalue weighted by molar-refractivity contribution is 5.96. The number of fused-ring (bicyclic) bond motifs is 2. The Morgan fingerprint density at radius 2 is 2.26 bits per heavy atom. The number of furan rings is 1. The molecule has 0 spiro atoms. The van der Waals surface area contributed by atoms with Crippen LogP contribution in [0.3, 0.4) is 0 Å². The molecule has 1 N–H and O–H groups in total. The molecule has 23 heavy (non-hydrogen) atoms. The van der Waals surface area contributed by atoms with Gasteiger partial charge in [0.1, 0.15) is 5.52 Å². The predicted molar refractivity (Wildman–Crippen MR) is 82.1 cm³/mol. The van der Waals surface area contributed by atoms with Crippen LogP contribution in [0.5, 0.6) is 0 Å². The molecule has 0 radical (unpaired) electrons. The average Bonchev–Trinajstić information content (AvgIpc) is 3.17. The maximum atomic E-state index is 12.7. The van der Waals surface area contributed by atoms with Crippen LogP contribution in [0.2, 0.25) is 0 Å². The van der Waals surface area contributed by atoms with Gasteiger partial charge in [0.05, 0.1) is 5.41 Å². The molecule has 1 aliphatic heterocycles. The lowest BCUT2D eigenvalue weighted by atomic mass is 9.81. The molecule has 4 rings (SSSR count). The van der Waals surface area contributed by atoms with Crippen LogP contribution in [-0.2, 0) is 4.79 Å². The molecular weight excluding hydrogens is 296 g/mol. The van der Waals surface area contributed by atoms with Crippen molar-refractivity contribution in [1.82, 2.24) is 9.88 Å². The van der Waals surface area contributed by atoms with Gasteiger partial charge < -0.3 is 14.4 Å². The smallest absolute Gasteiger partial charge is 0.311 e. The molecule has 1 saturated carbocycles. The largest absolute Gasteiger partial charge is 0.481 e. The summed E-state index contributed by atoms with van der Waals surface area (Å²) in [5.74, 6) is -0.736. The molecule has 2 aliphatic rings. The van der Waals surface area contributed by atoms with Gasteiger partial charge in [-0.2, -0.15) is 0 Å². The van der Waals surface area contributed by atoms with Crippen LogP contribution in [0.15, 0.2) is 22.6 Å². The number of hydrogen-bond donors (Lipinski definition) is 1. The number of carbonyl (C=O) groups excluding carboxylic acids is 1. The van der Waals surface area contributed by atoms with Crippen molar-refractivity contribution >= 4 is 23.0 Å². The van der Waals surface area contributed by atoms with Gasteiger partial charge in [-0.25, -0.2) is 4.98 Å². The first-order valence-electron chi connectivity index (χ1n) is 7.89. The average molecular weight is 314 g/mol. The van der Waals surface area contributed by atoms with Crippen molar-refractivity contribution in [3.8, 4) is 0 Å². The number of likely N-dealkylation sites (tertiary alicyclic amines) is 1. The number of carbonyl (C=O) groups is 2. The molecule has 6 nitrogen and oxygen atoms in total. The Morgan fingerprint density at radius 3 is 3.00 bits per heavy atom. The van der Waals surface area contributed by atoms with Crippen LogP contribution >= 0.6 is 0 Å². The van der Waals surface area contributed by atoms with E-state index in [4.69, 9.17) is 4.42 Å². The van der Waals surface area contributed by atoms with E-state index < -0.39 is 11.4 Å². The number of aromatic nitrogens is 1. The Bertz CT molecular complexity index is 812. The second kappa shape index (κ2) is 4.81. The summed E-state index contributed by atoms with van der Waals surface area (Å²) in [4.78, 5) is 30.4. The first-order chi connectivity index (χ1) is 11.0. The highest BCUT2D eigenvalue weighted by Crippen LogP contribution is 2.49.